The molecule has 1 rings (SSSR count). The number of halogens is 2. The lowest BCUT2D eigenvalue weighted by Gasteiger charge is -1.96. The van der Waals surface area contributed by atoms with Gasteiger partial charge in [-0.2, -0.15) is 5.10 Å². The zero-order valence-corrected chi connectivity index (χ0v) is 6.68. The molecule has 0 aromatic carbocycles. The maximum atomic E-state index is 5.63. The molecule has 0 bridgehead atoms. The summed E-state index contributed by atoms with van der Waals surface area (Å²) in [6.07, 6.45) is 3.52. The van der Waals surface area contributed by atoms with Gasteiger partial charge in [-0.25, -0.2) is 0 Å². The molecule has 0 aliphatic heterocycles. The van der Waals surface area contributed by atoms with Crippen LogP contribution in [-0.2, 0) is 6.54 Å². The second-order valence-corrected chi connectivity index (χ2v) is 2.46. The monoisotopic (exact) mass is 176 g/mol. The molecule has 0 saturated carbocycles. The van der Waals surface area contributed by atoms with E-state index < -0.39 is 0 Å². The van der Waals surface area contributed by atoms with Crippen molar-refractivity contribution in [1.29, 1.82) is 0 Å². The van der Waals surface area contributed by atoms with E-state index in [0.29, 0.717) is 11.6 Å². The van der Waals surface area contributed by atoms with Gasteiger partial charge in [0.2, 0.25) is 0 Å². The standard InChI is InChI=1S/C6H6Cl2N2/c7-4-6(8)5-10-3-1-2-9-10/h1-4H,5H2. The third kappa shape index (κ3) is 2.05. The molecule has 1 aromatic heterocycles. The molecule has 0 fully saturated rings. The second kappa shape index (κ2) is 3.64. The Labute approximate surface area is 69.1 Å². The predicted octanol–water partition coefficient (Wildman–Crippen LogP) is 2.20. The number of nitrogens with zero attached hydrogens (tertiary/aromatic N) is 2. The zero-order valence-electron chi connectivity index (χ0n) is 5.17. The number of allylic oxidation sites excluding steroid dienone is 1. The van der Waals surface area contributed by atoms with Crippen molar-refractivity contribution in [3.63, 3.8) is 0 Å². The van der Waals surface area contributed by atoms with Crippen molar-refractivity contribution in [3.05, 3.63) is 29.0 Å². The third-order valence-electron chi connectivity index (χ3n) is 0.991. The van der Waals surface area contributed by atoms with Crippen LogP contribution in [0.25, 0.3) is 0 Å². The SMILES string of the molecule is ClC=C(Cl)Cn1cccn1. The van der Waals surface area contributed by atoms with Gasteiger partial charge in [0, 0.05) is 17.9 Å². The molecule has 0 saturated heterocycles. The fraction of sp³-hybridized carbons (Fsp3) is 0.167. The van der Waals surface area contributed by atoms with Gasteiger partial charge in [-0.3, -0.25) is 4.68 Å². The van der Waals surface area contributed by atoms with Gasteiger partial charge in [-0.1, -0.05) is 23.2 Å². The molecule has 54 valence electrons. The lowest BCUT2D eigenvalue weighted by molar-refractivity contribution is 0.695. The fourth-order valence-electron chi connectivity index (χ4n) is 0.583. The summed E-state index contributed by atoms with van der Waals surface area (Å²) in [6, 6.07) is 1.83. The van der Waals surface area contributed by atoms with Crippen LogP contribution >= 0.6 is 23.2 Å². The summed E-state index contributed by atoms with van der Waals surface area (Å²) in [6.45, 7) is 0.540. The van der Waals surface area contributed by atoms with Crippen molar-refractivity contribution in [3.8, 4) is 0 Å². The van der Waals surface area contributed by atoms with Crippen LogP contribution in [0.2, 0.25) is 0 Å². The Bertz CT molecular complexity index is 216. The van der Waals surface area contributed by atoms with Crippen molar-refractivity contribution in [2.45, 2.75) is 6.54 Å². The smallest absolute Gasteiger partial charge is 0.0774 e. The van der Waals surface area contributed by atoms with Crippen molar-refractivity contribution < 1.29 is 0 Å². The van der Waals surface area contributed by atoms with Gasteiger partial charge in [0.15, 0.2) is 0 Å². The highest BCUT2D eigenvalue weighted by Gasteiger charge is 1.92. The minimum absolute atomic E-state index is 0.540. The molecule has 0 radical (unpaired) electrons. The van der Waals surface area contributed by atoms with Crippen LogP contribution < -0.4 is 0 Å². The summed E-state index contributed by atoms with van der Waals surface area (Å²) in [5, 5.41) is 4.51. The summed E-state index contributed by atoms with van der Waals surface area (Å²) in [5.41, 5.74) is 1.34. The van der Waals surface area contributed by atoms with Crippen LogP contribution in [0.5, 0.6) is 0 Å². The van der Waals surface area contributed by atoms with Gasteiger partial charge in [0.25, 0.3) is 0 Å². The van der Waals surface area contributed by atoms with E-state index in [1.807, 2.05) is 12.3 Å². The van der Waals surface area contributed by atoms with Crippen molar-refractivity contribution in [1.82, 2.24) is 9.78 Å². The fourth-order valence-corrected chi connectivity index (χ4v) is 0.775. The van der Waals surface area contributed by atoms with E-state index in [9.17, 15) is 0 Å². The second-order valence-electron chi connectivity index (χ2n) is 1.76. The first kappa shape index (κ1) is 7.63. The molecule has 0 aliphatic carbocycles. The Morgan fingerprint density at radius 1 is 1.70 bits per heavy atom. The molecule has 1 aromatic rings. The highest BCUT2D eigenvalue weighted by Crippen LogP contribution is 2.05. The molecule has 0 N–H and O–H groups in total. The first-order valence-electron chi connectivity index (χ1n) is 2.75. The lowest BCUT2D eigenvalue weighted by Crippen LogP contribution is -1.96. The van der Waals surface area contributed by atoms with Gasteiger partial charge in [-0.05, 0) is 6.07 Å². The maximum absolute atomic E-state index is 5.63. The number of hydrogen-bond acceptors (Lipinski definition) is 1. The first-order chi connectivity index (χ1) is 4.83. The van der Waals surface area contributed by atoms with Crippen molar-refractivity contribution in [2.75, 3.05) is 0 Å². The molecule has 0 amide bonds. The van der Waals surface area contributed by atoms with E-state index in [4.69, 9.17) is 23.2 Å². The quantitative estimate of drug-likeness (QED) is 0.676. The van der Waals surface area contributed by atoms with Crippen LogP contribution in [0.1, 0.15) is 0 Å². The van der Waals surface area contributed by atoms with Crippen LogP contribution in [0.3, 0.4) is 0 Å². The van der Waals surface area contributed by atoms with Crippen LogP contribution in [0.4, 0.5) is 0 Å². The Kier molecular flexibility index (Phi) is 2.78. The summed E-state index contributed by atoms with van der Waals surface area (Å²) < 4.78 is 1.70. The molecule has 0 spiro atoms. The van der Waals surface area contributed by atoms with Crippen LogP contribution in [0.15, 0.2) is 29.0 Å². The molecule has 10 heavy (non-hydrogen) atoms. The predicted molar refractivity (Wildman–Crippen MR) is 42.0 cm³/mol. The summed E-state index contributed by atoms with van der Waals surface area (Å²) in [5.74, 6) is 0. The van der Waals surface area contributed by atoms with Crippen LogP contribution in [0, 0.1) is 0 Å². The number of aromatic nitrogens is 2. The summed E-state index contributed by atoms with van der Waals surface area (Å²) in [7, 11) is 0. The van der Waals surface area contributed by atoms with Gasteiger partial charge >= 0.3 is 0 Å². The molecule has 0 unspecified atom stereocenters. The Morgan fingerprint density at radius 2 is 2.50 bits per heavy atom. The van der Waals surface area contributed by atoms with Gasteiger partial charge in [-0.15, -0.1) is 0 Å². The van der Waals surface area contributed by atoms with E-state index in [1.54, 1.807) is 10.9 Å². The molecule has 0 atom stereocenters. The van der Waals surface area contributed by atoms with Gasteiger partial charge < -0.3 is 0 Å². The highest BCUT2D eigenvalue weighted by atomic mass is 35.5. The molecular weight excluding hydrogens is 171 g/mol. The molecule has 0 aliphatic rings. The summed E-state index contributed by atoms with van der Waals surface area (Å²) >= 11 is 11.0. The van der Waals surface area contributed by atoms with E-state index in [0.717, 1.165) is 0 Å². The van der Waals surface area contributed by atoms with E-state index in [2.05, 4.69) is 5.10 Å². The van der Waals surface area contributed by atoms with Gasteiger partial charge in [0.05, 0.1) is 11.6 Å². The van der Waals surface area contributed by atoms with Gasteiger partial charge in [0.1, 0.15) is 0 Å². The first-order valence-corrected chi connectivity index (χ1v) is 3.56. The van der Waals surface area contributed by atoms with E-state index >= 15 is 0 Å². The molecule has 2 nitrogen and oxygen atoms in total. The largest absolute Gasteiger partial charge is 0.267 e. The Hall–Kier alpha value is -0.470. The number of rotatable bonds is 2. The van der Waals surface area contributed by atoms with Crippen LogP contribution in [-0.4, -0.2) is 9.78 Å². The van der Waals surface area contributed by atoms with E-state index in [1.165, 1.54) is 5.54 Å². The summed E-state index contributed by atoms with van der Waals surface area (Å²) in [4.78, 5) is 0. The average molecular weight is 177 g/mol. The highest BCUT2D eigenvalue weighted by molar-refractivity contribution is 6.36. The third-order valence-corrected chi connectivity index (χ3v) is 1.59. The normalized spacial score (nSPS) is 12.0. The zero-order chi connectivity index (χ0) is 7.40. The number of hydrogen-bond donors (Lipinski definition) is 0. The Balaban J connectivity index is 2.56. The lowest BCUT2D eigenvalue weighted by atomic mass is 10.6. The molecule has 4 heteroatoms. The minimum atomic E-state index is 0.540. The maximum Gasteiger partial charge on any atom is 0.0774 e. The minimum Gasteiger partial charge on any atom is -0.267 e. The molecular formula is C6H6Cl2N2. The average Bonchev–Trinajstić information content (AvgIpc) is 2.40. The van der Waals surface area contributed by atoms with Crippen molar-refractivity contribution >= 4 is 23.2 Å². The van der Waals surface area contributed by atoms with E-state index in [-0.39, 0.29) is 0 Å². The molecule has 1 heterocycles. The Morgan fingerprint density at radius 3 is 3.00 bits per heavy atom. The van der Waals surface area contributed by atoms with Crippen molar-refractivity contribution in [2.24, 2.45) is 0 Å². The topological polar surface area (TPSA) is 17.8 Å².